The highest BCUT2D eigenvalue weighted by atomic mass is 35.5. The first kappa shape index (κ1) is 22.7. The third-order valence-electron chi connectivity index (χ3n) is 4.88. The lowest BCUT2D eigenvalue weighted by Crippen LogP contribution is -2.28. The van der Waals surface area contributed by atoms with Crippen molar-refractivity contribution in [3.63, 3.8) is 0 Å². The van der Waals surface area contributed by atoms with E-state index in [4.69, 9.17) is 20.8 Å². The van der Waals surface area contributed by atoms with Crippen LogP contribution in [0.1, 0.15) is 23.0 Å². The zero-order chi connectivity index (χ0) is 23.5. The number of methoxy groups -OCH3 is 1. The molecule has 1 N–H and O–H groups in total. The summed E-state index contributed by atoms with van der Waals surface area (Å²) in [6.45, 7) is 2.36. The van der Waals surface area contributed by atoms with E-state index in [-0.39, 0.29) is 16.5 Å². The average Bonchev–Trinajstić information content (AvgIpc) is 3.39. The summed E-state index contributed by atoms with van der Waals surface area (Å²) < 4.78 is 11.0. The van der Waals surface area contributed by atoms with Crippen LogP contribution in [-0.4, -0.2) is 40.7 Å². The summed E-state index contributed by atoms with van der Waals surface area (Å²) in [5.41, 5.74) is 1.27. The summed E-state index contributed by atoms with van der Waals surface area (Å²) in [5.74, 6) is 0.386. The smallest absolute Gasteiger partial charge is 0.337 e. The number of likely N-dealkylation sites (N-methyl/N-ethyl adjacent to an activating group) is 1. The van der Waals surface area contributed by atoms with E-state index in [1.54, 1.807) is 36.3 Å². The molecule has 1 amide bonds. The molecule has 168 valence electrons. The molecule has 2 heterocycles. The summed E-state index contributed by atoms with van der Waals surface area (Å²) in [5, 5.41) is 10.0. The SMILES string of the molecule is CCN1C(=O)/C(=C/c2ccc(-c3ccc(Cl)c(C(=O)O)c3)o2)SC1=Nc1ccc(OC)cc1. The Kier molecular flexibility index (Phi) is 6.57. The molecule has 1 aliphatic heterocycles. The van der Waals surface area contributed by atoms with Crippen LogP contribution in [0.2, 0.25) is 5.02 Å². The number of aliphatic imine (C=N–C) groups is 1. The number of carbonyl (C=O) groups excluding carboxylic acids is 1. The molecule has 0 aliphatic carbocycles. The summed E-state index contributed by atoms with van der Waals surface area (Å²) in [6, 6.07) is 15.3. The van der Waals surface area contributed by atoms with Gasteiger partial charge < -0.3 is 14.3 Å². The number of carbonyl (C=O) groups is 2. The predicted octanol–water partition coefficient (Wildman–Crippen LogP) is 5.93. The highest BCUT2D eigenvalue weighted by Crippen LogP contribution is 2.35. The Morgan fingerprint density at radius 3 is 2.64 bits per heavy atom. The van der Waals surface area contributed by atoms with Crippen molar-refractivity contribution in [1.82, 2.24) is 4.90 Å². The van der Waals surface area contributed by atoms with Gasteiger partial charge in [-0.2, -0.15) is 0 Å². The van der Waals surface area contributed by atoms with Crippen molar-refractivity contribution in [1.29, 1.82) is 0 Å². The lowest BCUT2D eigenvalue weighted by molar-refractivity contribution is -0.122. The third kappa shape index (κ3) is 4.81. The molecule has 4 rings (SSSR count). The standard InChI is InChI=1S/C24H19ClN2O5S/c1-3-27-22(28)21(33-24(27)26-15-5-7-16(31-2)8-6-15)13-17-9-11-20(32-17)14-4-10-19(25)18(12-14)23(29)30/h4-13H,3H2,1-2H3,(H,29,30)/b21-13-,26-24?. The molecule has 0 radical (unpaired) electrons. The number of amidine groups is 1. The van der Waals surface area contributed by atoms with Crippen molar-refractivity contribution < 1.29 is 23.8 Å². The summed E-state index contributed by atoms with van der Waals surface area (Å²) in [4.78, 5) is 30.9. The van der Waals surface area contributed by atoms with Crippen LogP contribution in [0.3, 0.4) is 0 Å². The number of halogens is 1. The van der Waals surface area contributed by atoms with Gasteiger partial charge in [0.15, 0.2) is 5.17 Å². The zero-order valence-corrected chi connectivity index (χ0v) is 19.3. The Hall–Kier alpha value is -3.49. The van der Waals surface area contributed by atoms with E-state index < -0.39 is 5.97 Å². The van der Waals surface area contributed by atoms with Gasteiger partial charge in [-0.25, -0.2) is 9.79 Å². The van der Waals surface area contributed by atoms with Crippen LogP contribution in [0.25, 0.3) is 17.4 Å². The molecule has 3 aromatic rings. The number of amides is 1. The maximum absolute atomic E-state index is 12.9. The lowest BCUT2D eigenvalue weighted by atomic mass is 10.1. The minimum Gasteiger partial charge on any atom is -0.497 e. The first-order chi connectivity index (χ1) is 15.9. The van der Waals surface area contributed by atoms with Crippen LogP contribution in [0.15, 0.2) is 68.9 Å². The van der Waals surface area contributed by atoms with Crippen LogP contribution in [0, 0.1) is 0 Å². The monoisotopic (exact) mass is 482 g/mol. The number of hydrogen-bond acceptors (Lipinski definition) is 6. The number of benzene rings is 2. The highest BCUT2D eigenvalue weighted by Gasteiger charge is 2.32. The number of carboxylic acids is 1. The fraction of sp³-hybridized carbons (Fsp3) is 0.125. The van der Waals surface area contributed by atoms with Crippen molar-refractivity contribution in [3.8, 4) is 17.1 Å². The van der Waals surface area contributed by atoms with Crippen LogP contribution < -0.4 is 4.74 Å². The van der Waals surface area contributed by atoms with Crippen molar-refractivity contribution in [3.05, 3.63) is 75.8 Å². The first-order valence-corrected chi connectivity index (χ1v) is 11.2. The summed E-state index contributed by atoms with van der Waals surface area (Å²) >= 11 is 7.21. The fourth-order valence-electron chi connectivity index (χ4n) is 3.19. The molecular weight excluding hydrogens is 464 g/mol. The molecule has 0 bridgehead atoms. The number of carboxylic acid groups (broad SMARTS) is 1. The van der Waals surface area contributed by atoms with Gasteiger partial charge in [0.2, 0.25) is 0 Å². The van der Waals surface area contributed by atoms with E-state index in [2.05, 4.69) is 4.99 Å². The summed E-state index contributed by atoms with van der Waals surface area (Å²) in [7, 11) is 1.60. The van der Waals surface area contributed by atoms with Crippen molar-refractivity contribution in [2.75, 3.05) is 13.7 Å². The fourth-order valence-corrected chi connectivity index (χ4v) is 4.44. The zero-order valence-electron chi connectivity index (χ0n) is 17.7. The Balaban J connectivity index is 1.60. The van der Waals surface area contributed by atoms with Crippen LogP contribution in [0.4, 0.5) is 5.69 Å². The van der Waals surface area contributed by atoms with E-state index in [0.29, 0.717) is 39.4 Å². The normalized spacial score (nSPS) is 16.1. The molecule has 7 nitrogen and oxygen atoms in total. The number of hydrogen-bond donors (Lipinski definition) is 1. The maximum atomic E-state index is 12.9. The van der Waals surface area contributed by atoms with E-state index in [1.807, 2.05) is 31.2 Å². The molecule has 33 heavy (non-hydrogen) atoms. The molecule has 0 spiro atoms. The van der Waals surface area contributed by atoms with Crippen LogP contribution in [0.5, 0.6) is 5.75 Å². The Morgan fingerprint density at radius 1 is 1.21 bits per heavy atom. The Morgan fingerprint density at radius 2 is 1.97 bits per heavy atom. The van der Waals surface area contributed by atoms with E-state index in [1.165, 1.54) is 23.9 Å². The lowest BCUT2D eigenvalue weighted by Gasteiger charge is -2.12. The van der Waals surface area contributed by atoms with Gasteiger partial charge in [-0.15, -0.1) is 0 Å². The number of nitrogens with zero attached hydrogens (tertiary/aromatic N) is 2. The van der Waals surface area contributed by atoms with Gasteiger partial charge in [0, 0.05) is 18.2 Å². The van der Waals surface area contributed by atoms with Gasteiger partial charge in [0.1, 0.15) is 17.3 Å². The number of ether oxygens (including phenoxy) is 1. The molecule has 2 aromatic carbocycles. The van der Waals surface area contributed by atoms with E-state index >= 15 is 0 Å². The second kappa shape index (κ2) is 9.56. The van der Waals surface area contributed by atoms with Gasteiger partial charge in [-0.1, -0.05) is 11.6 Å². The molecule has 9 heteroatoms. The van der Waals surface area contributed by atoms with Gasteiger partial charge in [0.25, 0.3) is 5.91 Å². The number of rotatable bonds is 6. The number of thioether (sulfide) groups is 1. The Labute approximate surface area is 199 Å². The molecule has 0 saturated carbocycles. The maximum Gasteiger partial charge on any atom is 0.337 e. The summed E-state index contributed by atoms with van der Waals surface area (Å²) in [6.07, 6.45) is 1.66. The molecular formula is C24H19ClN2O5S. The highest BCUT2D eigenvalue weighted by molar-refractivity contribution is 8.18. The van der Waals surface area contributed by atoms with Gasteiger partial charge in [-0.3, -0.25) is 9.69 Å². The molecule has 1 fully saturated rings. The topological polar surface area (TPSA) is 92.3 Å². The van der Waals surface area contributed by atoms with E-state index in [9.17, 15) is 14.7 Å². The van der Waals surface area contributed by atoms with Crippen LogP contribution in [-0.2, 0) is 4.79 Å². The molecule has 1 saturated heterocycles. The number of aromatic carboxylic acids is 1. The predicted molar refractivity (Wildman–Crippen MR) is 129 cm³/mol. The minimum absolute atomic E-state index is 0.00929. The minimum atomic E-state index is -1.12. The van der Waals surface area contributed by atoms with Crippen molar-refractivity contribution in [2.24, 2.45) is 4.99 Å². The largest absolute Gasteiger partial charge is 0.497 e. The van der Waals surface area contributed by atoms with Gasteiger partial charge in [-0.05, 0) is 73.3 Å². The first-order valence-electron chi connectivity index (χ1n) is 9.96. The van der Waals surface area contributed by atoms with Crippen molar-refractivity contribution >= 4 is 52.2 Å². The van der Waals surface area contributed by atoms with E-state index in [0.717, 1.165) is 5.75 Å². The molecule has 0 unspecified atom stereocenters. The molecule has 1 aliphatic rings. The van der Waals surface area contributed by atoms with Gasteiger partial charge >= 0.3 is 5.97 Å². The van der Waals surface area contributed by atoms with Crippen LogP contribution >= 0.6 is 23.4 Å². The molecule has 1 aromatic heterocycles. The Bertz CT molecular complexity index is 1280. The second-order valence-electron chi connectivity index (χ2n) is 6.95. The number of furan rings is 1. The average molecular weight is 483 g/mol. The second-order valence-corrected chi connectivity index (χ2v) is 8.37. The molecule has 0 atom stereocenters. The third-order valence-corrected chi connectivity index (χ3v) is 6.22. The van der Waals surface area contributed by atoms with Gasteiger partial charge in [0.05, 0.1) is 28.3 Å². The quantitative estimate of drug-likeness (QED) is 0.438. The van der Waals surface area contributed by atoms with Crippen molar-refractivity contribution in [2.45, 2.75) is 6.92 Å².